The maximum atomic E-state index is 12.5. The van der Waals surface area contributed by atoms with E-state index in [-0.39, 0.29) is 5.91 Å². The number of carbonyl (C=O) groups excluding carboxylic acids is 1. The van der Waals surface area contributed by atoms with Crippen molar-refractivity contribution in [1.29, 1.82) is 0 Å². The Kier molecular flexibility index (Phi) is 4.84. The maximum absolute atomic E-state index is 12.5. The molecule has 1 aromatic carbocycles. The van der Waals surface area contributed by atoms with Crippen LogP contribution in [0, 0.1) is 13.8 Å². The van der Waals surface area contributed by atoms with Crippen LogP contribution >= 0.6 is 0 Å². The zero-order chi connectivity index (χ0) is 17.1. The number of amides is 1. The molecule has 0 radical (unpaired) electrons. The second-order valence-electron chi connectivity index (χ2n) is 6.55. The van der Waals surface area contributed by atoms with E-state index in [1.54, 1.807) is 6.08 Å². The fourth-order valence-corrected chi connectivity index (χ4v) is 3.45. The summed E-state index contributed by atoms with van der Waals surface area (Å²) >= 11 is 0. The number of piperidine rings is 1. The summed E-state index contributed by atoms with van der Waals surface area (Å²) < 4.78 is 1.85. The number of likely N-dealkylation sites (tertiary alicyclic amines) is 1. The monoisotopic (exact) mass is 323 g/mol. The second-order valence-corrected chi connectivity index (χ2v) is 6.55. The average molecular weight is 323 g/mol. The lowest BCUT2D eigenvalue weighted by Crippen LogP contribution is -2.36. The third-order valence-corrected chi connectivity index (χ3v) is 5.04. The molecule has 1 aromatic heterocycles. The van der Waals surface area contributed by atoms with Crippen molar-refractivity contribution in [2.45, 2.75) is 32.6 Å². The van der Waals surface area contributed by atoms with E-state index in [0.29, 0.717) is 5.92 Å². The number of rotatable bonds is 3. The molecule has 1 aliphatic rings. The lowest BCUT2D eigenvalue weighted by atomic mass is 9.89. The van der Waals surface area contributed by atoms with Crippen molar-refractivity contribution in [3.8, 4) is 0 Å². The molecule has 4 nitrogen and oxygen atoms in total. The minimum absolute atomic E-state index is 0.101. The Morgan fingerprint density at radius 1 is 1.17 bits per heavy atom. The quantitative estimate of drug-likeness (QED) is 0.811. The van der Waals surface area contributed by atoms with Crippen LogP contribution in [0.1, 0.15) is 41.3 Å². The van der Waals surface area contributed by atoms with Gasteiger partial charge >= 0.3 is 0 Å². The summed E-state index contributed by atoms with van der Waals surface area (Å²) in [5.74, 6) is 0.672. The van der Waals surface area contributed by atoms with E-state index < -0.39 is 0 Å². The Balaban J connectivity index is 1.60. The Morgan fingerprint density at radius 2 is 1.83 bits per heavy atom. The van der Waals surface area contributed by atoms with Gasteiger partial charge in [-0.2, -0.15) is 5.10 Å². The van der Waals surface area contributed by atoms with Gasteiger partial charge in [0.2, 0.25) is 5.91 Å². The molecule has 1 saturated heterocycles. The Hall–Kier alpha value is -2.36. The van der Waals surface area contributed by atoms with Gasteiger partial charge in [-0.1, -0.05) is 30.3 Å². The smallest absolute Gasteiger partial charge is 0.246 e. The molecule has 3 rings (SSSR count). The Morgan fingerprint density at radius 3 is 2.42 bits per heavy atom. The maximum Gasteiger partial charge on any atom is 0.246 e. The Labute approximate surface area is 143 Å². The van der Waals surface area contributed by atoms with Crippen LogP contribution in [0.15, 0.2) is 36.4 Å². The van der Waals surface area contributed by atoms with E-state index in [1.807, 2.05) is 36.6 Å². The Bertz CT molecular complexity index is 738. The molecule has 24 heavy (non-hydrogen) atoms. The van der Waals surface area contributed by atoms with Crippen molar-refractivity contribution in [1.82, 2.24) is 14.7 Å². The molecule has 1 aliphatic heterocycles. The number of aryl methyl sites for hydroxylation is 2. The molecule has 0 aliphatic carbocycles. The predicted molar refractivity (Wildman–Crippen MR) is 96.7 cm³/mol. The van der Waals surface area contributed by atoms with Gasteiger partial charge in [0.15, 0.2) is 0 Å². The number of carbonyl (C=O) groups is 1. The fraction of sp³-hybridized carbons (Fsp3) is 0.400. The molecule has 2 heterocycles. The van der Waals surface area contributed by atoms with Crippen molar-refractivity contribution in [3.05, 3.63) is 58.9 Å². The van der Waals surface area contributed by atoms with Gasteiger partial charge in [-0.05, 0) is 44.2 Å². The van der Waals surface area contributed by atoms with Gasteiger partial charge in [-0.3, -0.25) is 9.48 Å². The highest BCUT2D eigenvalue weighted by Gasteiger charge is 2.22. The molecule has 126 valence electrons. The van der Waals surface area contributed by atoms with Crippen LogP contribution in [0.25, 0.3) is 6.08 Å². The van der Waals surface area contributed by atoms with Crippen LogP contribution in [-0.4, -0.2) is 33.7 Å². The zero-order valence-electron chi connectivity index (χ0n) is 14.7. The third-order valence-electron chi connectivity index (χ3n) is 5.04. The summed E-state index contributed by atoms with van der Waals surface area (Å²) in [6, 6.07) is 10.6. The molecule has 4 heteroatoms. The van der Waals surface area contributed by atoms with E-state index in [9.17, 15) is 4.79 Å². The molecule has 1 fully saturated rings. The molecule has 0 spiro atoms. The minimum atomic E-state index is 0.101. The number of hydrogen-bond donors (Lipinski definition) is 0. The standard InChI is InChI=1S/C20H25N3O/c1-15-19(16(2)22(3)21-15)9-10-20(24)23-13-11-18(12-14-23)17-7-5-4-6-8-17/h4-10,18H,11-14H2,1-3H3/b10-9+. The molecule has 2 aromatic rings. The van der Waals surface area contributed by atoms with Crippen LogP contribution < -0.4 is 0 Å². The van der Waals surface area contributed by atoms with Crippen molar-refractivity contribution in [3.63, 3.8) is 0 Å². The highest BCUT2D eigenvalue weighted by atomic mass is 16.2. The largest absolute Gasteiger partial charge is 0.339 e. The molecule has 0 atom stereocenters. The van der Waals surface area contributed by atoms with E-state index in [0.717, 1.165) is 42.9 Å². The van der Waals surface area contributed by atoms with E-state index in [1.165, 1.54) is 5.56 Å². The van der Waals surface area contributed by atoms with Crippen LogP contribution in [0.3, 0.4) is 0 Å². The first-order chi connectivity index (χ1) is 11.6. The van der Waals surface area contributed by atoms with Gasteiger partial charge in [-0.25, -0.2) is 0 Å². The first kappa shape index (κ1) is 16.5. The lowest BCUT2D eigenvalue weighted by molar-refractivity contribution is -0.126. The van der Waals surface area contributed by atoms with Gasteiger partial charge < -0.3 is 4.90 Å². The molecule has 0 saturated carbocycles. The number of benzene rings is 1. The topological polar surface area (TPSA) is 38.1 Å². The highest BCUT2D eigenvalue weighted by Crippen LogP contribution is 2.27. The van der Waals surface area contributed by atoms with Crippen molar-refractivity contribution in [2.75, 3.05) is 13.1 Å². The fourth-order valence-electron chi connectivity index (χ4n) is 3.45. The van der Waals surface area contributed by atoms with Gasteiger partial charge in [0.05, 0.1) is 5.69 Å². The molecular weight excluding hydrogens is 298 g/mol. The first-order valence-electron chi connectivity index (χ1n) is 8.58. The molecule has 0 unspecified atom stereocenters. The summed E-state index contributed by atoms with van der Waals surface area (Å²) in [6.45, 7) is 5.65. The SMILES string of the molecule is Cc1nn(C)c(C)c1/C=C/C(=O)N1CCC(c2ccccc2)CC1. The lowest BCUT2D eigenvalue weighted by Gasteiger charge is -2.31. The second kappa shape index (κ2) is 7.04. The van der Waals surface area contributed by atoms with Crippen LogP contribution in [-0.2, 0) is 11.8 Å². The highest BCUT2D eigenvalue weighted by molar-refractivity contribution is 5.92. The summed E-state index contributed by atoms with van der Waals surface area (Å²) in [5, 5.41) is 4.39. The molecule has 1 amide bonds. The minimum Gasteiger partial charge on any atom is -0.339 e. The van der Waals surface area contributed by atoms with Crippen molar-refractivity contribution < 1.29 is 4.79 Å². The van der Waals surface area contributed by atoms with E-state index >= 15 is 0 Å². The zero-order valence-corrected chi connectivity index (χ0v) is 14.7. The summed E-state index contributed by atoms with van der Waals surface area (Å²) in [5.41, 5.74) is 4.48. The number of nitrogens with zero attached hydrogens (tertiary/aromatic N) is 3. The average Bonchev–Trinajstić information content (AvgIpc) is 2.86. The van der Waals surface area contributed by atoms with Gasteiger partial charge in [0, 0.05) is 37.5 Å². The van der Waals surface area contributed by atoms with Gasteiger partial charge in [0.25, 0.3) is 0 Å². The predicted octanol–water partition coefficient (Wildman–Crippen LogP) is 3.46. The van der Waals surface area contributed by atoms with Crippen LogP contribution in [0.5, 0.6) is 0 Å². The van der Waals surface area contributed by atoms with Gasteiger partial charge in [0.1, 0.15) is 0 Å². The summed E-state index contributed by atoms with van der Waals surface area (Å²) in [7, 11) is 1.93. The van der Waals surface area contributed by atoms with Crippen molar-refractivity contribution in [2.24, 2.45) is 7.05 Å². The first-order valence-corrected chi connectivity index (χ1v) is 8.58. The van der Waals surface area contributed by atoms with Gasteiger partial charge in [-0.15, -0.1) is 0 Å². The molecular formula is C20H25N3O. The number of hydrogen-bond acceptors (Lipinski definition) is 2. The van der Waals surface area contributed by atoms with Crippen LogP contribution in [0.2, 0.25) is 0 Å². The van der Waals surface area contributed by atoms with E-state index in [4.69, 9.17) is 0 Å². The summed E-state index contributed by atoms with van der Waals surface area (Å²) in [4.78, 5) is 14.4. The van der Waals surface area contributed by atoms with Crippen LogP contribution in [0.4, 0.5) is 0 Å². The number of aromatic nitrogens is 2. The normalized spacial score (nSPS) is 16.0. The third kappa shape index (κ3) is 3.42. The molecule has 0 bridgehead atoms. The summed E-state index contributed by atoms with van der Waals surface area (Å²) in [6.07, 6.45) is 5.67. The van der Waals surface area contributed by atoms with Crippen molar-refractivity contribution >= 4 is 12.0 Å². The van der Waals surface area contributed by atoms with E-state index in [2.05, 4.69) is 35.4 Å². The molecule has 0 N–H and O–H groups in total.